The van der Waals surface area contributed by atoms with Crippen LogP contribution in [0.2, 0.25) is 0 Å². The summed E-state index contributed by atoms with van der Waals surface area (Å²) < 4.78 is 28.9. The lowest BCUT2D eigenvalue weighted by Crippen LogP contribution is -1.86. The number of rotatable bonds is 1. The van der Waals surface area contributed by atoms with Crippen LogP contribution >= 0.6 is 15.9 Å². The van der Waals surface area contributed by atoms with E-state index >= 15 is 0 Å². The van der Waals surface area contributed by atoms with Gasteiger partial charge in [0.1, 0.15) is 11.6 Å². The Morgan fingerprint density at radius 1 is 1.17 bits per heavy atom. The fourth-order valence-electron chi connectivity index (χ4n) is 1.69. The van der Waals surface area contributed by atoms with E-state index in [9.17, 15) is 8.78 Å². The Kier molecular flexibility index (Phi) is 2.59. The minimum atomic E-state index is -0.641. The van der Waals surface area contributed by atoms with Gasteiger partial charge in [0.2, 0.25) is 5.78 Å². The van der Waals surface area contributed by atoms with Crippen molar-refractivity contribution < 1.29 is 8.78 Å². The monoisotopic (exact) mass is 309 g/mol. The average Bonchev–Trinajstić information content (AvgIpc) is 2.71. The van der Waals surface area contributed by atoms with E-state index in [2.05, 4.69) is 25.9 Å². The molecular formula is C12H6BrF2N3. The van der Waals surface area contributed by atoms with E-state index < -0.39 is 11.6 Å². The van der Waals surface area contributed by atoms with Crippen molar-refractivity contribution in [1.82, 2.24) is 14.4 Å². The molecule has 0 unspecified atom stereocenters. The summed E-state index contributed by atoms with van der Waals surface area (Å²) in [5.41, 5.74) is 0.663. The molecular weight excluding hydrogens is 304 g/mol. The quantitative estimate of drug-likeness (QED) is 0.689. The van der Waals surface area contributed by atoms with Crippen LogP contribution in [0.4, 0.5) is 8.78 Å². The molecule has 0 bridgehead atoms. The Hall–Kier alpha value is -1.82. The summed E-state index contributed by atoms with van der Waals surface area (Å²) in [6.45, 7) is 0. The third-order valence-corrected chi connectivity index (χ3v) is 2.90. The van der Waals surface area contributed by atoms with Crippen LogP contribution in [-0.4, -0.2) is 14.4 Å². The summed E-state index contributed by atoms with van der Waals surface area (Å²) in [6.07, 6.45) is 5.01. The van der Waals surface area contributed by atoms with Crippen molar-refractivity contribution in [3.63, 3.8) is 0 Å². The molecule has 0 atom stereocenters. The van der Waals surface area contributed by atoms with Gasteiger partial charge < -0.3 is 0 Å². The van der Waals surface area contributed by atoms with E-state index in [0.717, 1.165) is 10.5 Å². The van der Waals surface area contributed by atoms with Gasteiger partial charge in [-0.2, -0.15) is 0 Å². The molecule has 0 radical (unpaired) electrons. The number of hydrogen-bond acceptors (Lipinski definition) is 2. The second-order valence-corrected chi connectivity index (χ2v) is 4.65. The van der Waals surface area contributed by atoms with Crippen LogP contribution in [-0.2, 0) is 0 Å². The van der Waals surface area contributed by atoms with Crippen molar-refractivity contribution in [2.75, 3.05) is 0 Å². The van der Waals surface area contributed by atoms with E-state index in [0.29, 0.717) is 11.5 Å². The molecule has 90 valence electrons. The maximum atomic E-state index is 13.6. The summed E-state index contributed by atoms with van der Waals surface area (Å²) in [6, 6.07) is 3.40. The molecule has 0 aliphatic carbocycles. The number of fused-ring (bicyclic) bond motifs is 1. The molecule has 3 nitrogen and oxygen atoms in total. The Balaban J connectivity index is 2.19. The molecule has 0 aliphatic rings. The number of nitrogens with zero attached hydrogens (tertiary/aromatic N) is 3. The molecule has 0 N–H and O–H groups in total. The minimum Gasteiger partial charge on any atom is -0.289 e. The SMILES string of the molecule is Fc1ccc(-c2cn3cc(Br)cnc3n2)c(F)c1. The summed E-state index contributed by atoms with van der Waals surface area (Å²) in [4.78, 5) is 8.27. The third kappa shape index (κ3) is 1.88. The van der Waals surface area contributed by atoms with E-state index in [1.807, 2.05) is 0 Å². The van der Waals surface area contributed by atoms with Crippen LogP contribution < -0.4 is 0 Å². The lowest BCUT2D eigenvalue weighted by molar-refractivity contribution is 0.585. The molecule has 0 spiro atoms. The fourth-order valence-corrected chi connectivity index (χ4v) is 2.01. The lowest BCUT2D eigenvalue weighted by atomic mass is 10.1. The van der Waals surface area contributed by atoms with E-state index in [1.54, 1.807) is 23.0 Å². The van der Waals surface area contributed by atoms with E-state index in [4.69, 9.17) is 0 Å². The maximum absolute atomic E-state index is 13.6. The largest absolute Gasteiger partial charge is 0.289 e. The van der Waals surface area contributed by atoms with Gasteiger partial charge in [0.15, 0.2) is 0 Å². The number of benzene rings is 1. The molecule has 18 heavy (non-hydrogen) atoms. The van der Waals surface area contributed by atoms with Crippen LogP contribution in [0, 0.1) is 11.6 Å². The summed E-state index contributed by atoms with van der Waals surface area (Å²) in [7, 11) is 0. The van der Waals surface area contributed by atoms with Crippen molar-refractivity contribution in [2.24, 2.45) is 0 Å². The van der Waals surface area contributed by atoms with Gasteiger partial charge in [0.25, 0.3) is 0 Å². The minimum absolute atomic E-state index is 0.248. The number of hydrogen-bond donors (Lipinski definition) is 0. The highest BCUT2D eigenvalue weighted by atomic mass is 79.9. The highest BCUT2D eigenvalue weighted by Crippen LogP contribution is 2.23. The number of aromatic nitrogens is 3. The first kappa shape index (κ1) is 11.3. The molecule has 6 heteroatoms. The van der Waals surface area contributed by atoms with Gasteiger partial charge in [-0.3, -0.25) is 4.40 Å². The molecule has 2 aromatic heterocycles. The van der Waals surface area contributed by atoms with Gasteiger partial charge in [-0.25, -0.2) is 18.7 Å². The van der Waals surface area contributed by atoms with Gasteiger partial charge in [-0.05, 0) is 28.1 Å². The van der Waals surface area contributed by atoms with Crippen LogP contribution in [0.25, 0.3) is 17.0 Å². The first-order chi connectivity index (χ1) is 8.63. The molecule has 2 heterocycles. The molecule has 3 rings (SSSR count). The average molecular weight is 310 g/mol. The fraction of sp³-hybridized carbons (Fsp3) is 0. The lowest BCUT2D eigenvalue weighted by Gasteiger charge is -1.97. The Morgan fingerprint density at radius 3 is 2.78 bits per heavy atom. The Labute approximate surface area is 109 Å². The Morgan fingerprint density at radius 2 is 2.00 bits per heavy atom. The van der Waals surface area contributed by atoms with E-state index in [-0.39, 0.29) is 5.56 Å². The van der Waals surface area contributed by atoms with Crippen molar-refractivity contribution in [2.45, 2.75) is 0 Å². The second-order valence-electron chi connectivity index (χ2n) is 3.73. The van der Waals surface area contributed by atoms with Crippen molar-refractivity contribution in [3.05, 3.63) is 52.9 Å². The van der Waals surface area contributed by atoms with Crippen LogP contribution in [0.3, 0.4) is 0 Å². The van der Waals surface area contributed by atoms with Gasteiger partial charge in [0, 0.05) is 30.2 Å². The summed E-state index contributed by atoms with van der Waals surface area (Å²) >= 11 is 3.29. The standard InChI is InChI=1S/C12H6BrF2N3/c13-7-4-16-12-17-11(6-18(12)5-7)9-2-1-8(14)3-10(9)15/h1-6H. The zero-order valence-electron chi connectivity index (χ0n) is 8.94. The van der Waals surface area contributed by atoms with Crippen LogP contribution in [0.5, 0.6) is 0 Å². The van der Waals surface area contributed by atoms with Gasteiger partial charge in [-0.1, -0.05) is 0 Å². The predicted octanol–water partition coefficient (Wildman–Crippen LogP) is 3.44. The van der Waals surface area contributed by atoms with Crippen LogP contribution in [0.1, 0.15) is 0 Å². The second kappa shape index (κ2) is 4.13. The number of imidazole rings is 1. The molecule has 0 saturated heterocycles. The zero-order valence-corrected chi connectivity index (χ0v) is 10.5. The summed E-state index contributed by atoms with van der Waals surface area (Å²) in [5.74, 6) is -0.796. The van der Waals surface area contributed by atoms with Crippen LogP contribution in [0.15, 0.2) is 41.3 Å². The molecule has 0 amide bonds. The van der Waals surface area contributed by atoms with Gasteiger partial charge >= 0.3 is 0 Å². The van der Waals surface area contributed by atoms with E-state index in [1.165, 1.54) is 12.1 Å². The van der Waals surface area contributed by atoms with Crippen molar-refractivity contribution in [1.29, 1.82) is 0 Å². The first-order valence-corrected chi connectivity index (χ1v) is 5.88. The third-order valence-electron chi connectivity index (χ3n) is 2.49. The van der Waals surface area contributed by atoms with Gasteiger partial charge in [0.05, 0.1) is 10.2 Å². The first-order valence-electron chi connectivity index (χ1n) is 5.09. The predicted molar refractivity (Wildman–Crippen MR) is 66.0 cm³/mol. The normalized spacial score (nSPS) is 11.1. The molecule has 0 fully saturated rings. The highest BCUT2D eigenvalue weighted by molar-refractivity contribution is 9.10. The highest BCUT2D eigenvalue weighted by Gasteiger charge is 2.10. The Bertz CT molecular complexity index is 739. The molecule has 0 saturated carbocycles. The number of halogens is 3. The van der Waals surface area contributed by atoms with Crippen molar-refractivity contribution in [3.8, 4) is 11.3 Å². The van der Waals surface area contributed by atoms with Gasteiger partial charge in [-0.15, -0.1) is 0 Å². The molecule has 0 aliphatic heterocycles. The maximum Gasteiger partial charge on any atom is 0.234 e. The molecule has 3 aromatic rings. The topological polar surface area (TPSA) is 30.2 Å². The zero-order chi connectivity index (χ0) is 12.7. The smallest absolute Gasteiger partial charge is 0.234 e. The summed E-state index contributed by atoms with van der Waals surface area (Å²) in [5, 5.41) is 0. The molecule has 1 aromatic carbocycles. The van der Waals surface area contributed by atoms with Crippen molar-refractivity contribution >= 4 is 21.7 Å².